The summed E-state index contributed by atoms with van der Waals surface area (Å²) in [6, 6.07) is 6.37. The first kappa shape index (κ1) is 30.1. The first-order chi connectivity index (χ1) is 19.9. The Balaban J connectivity index is 1.82. The summed E-state index contributed by atoms with van der Waals surface area (Å²) in [5.41, 5.74) is -2.48. The molecular weight excluding hydrogens is 564 g/mol. The van der Waals surface area contributed by atoms with Crippen molar-refractivity contribution < 1.29 is 70.1 Å². The van der Waals surface area contributed by atoms with Gasteiger partial charge in [-0.15, -0.1) is 0 Å². The van der Waals surface area contributed by atoms with E-state index in [2.05, 4.69) is 0 Å². The zero-order valence-corrected chi connectivity index (χ0v) is 21.6. The lowest BCUT2D eigenvalue weighted by molar-refractivity contribution is -0.234. The van der Waals surface area contributed by atoms with Crippen LogP contribution in [0.5, 0.6) is 17.2 Å². The smallest absolute Gasteiger partial charge is 0.197 e. The lowest BCUT2D eigenvalue weighted by atomic mass is 9.85. The molecule has 2 fully saturated rings. The number of hydrogen-bond donors (Lipinski definition) is 11. The maximum Gasteiger partial charge on any atom is 0.197 e. The van der Waals surface area contributed by atoms with Crippen molar-refractivity contribution in [3.63, 3.8) is 0 Å². The molecule has 5 rings (SSSR count). The summed E-state index contributed by atoms with van der Waals surface area (Å²) in [4.78, 5) is 13.5. The van der Waals surface area contributed by atoms with Crippen molar-refractivity contribution in [2.24, 2.45) is 0 Å². The normalized spacial score (nSPS) is 33.6. The third-order valence-corrected chi connectivity index (χ3v) is 7.70. The highest BCUT2D eigenvalue weighted by molar-refractivity contribution is 5.92. The van der Waals surface area contributed by atoms with Crippen molar-refractivity contribution >= 4 is 11.0 Å². The molecule has 0 radical (unpaired) electrons. The van der Waals surface area contributed by atoms with Gasteiger partial charge < -0.3 is 70.1 Å². The van der Waals surface area contributed by atoms with Gasteiger partial charge in [-0.25, -0.2) is 0 Å². The Morgan fingerprint density at radius 1 is 0.643 bits per heavy atom. The number of fused-ring (bicyclic) bond motifs is 1. The molecule has 0 spiro atoms. The summed E-state index contributed by atoms with van der Waals surface area (Å²) in [6.45, 7) is -1.70. The fourth-order valence-electron chi connectivity index (χ4n) is 5.39. The lowest BCUT2D eigenvalue weighted by Gasteiger charge is -2.42. The molecular formula is C27H30O15. The monoisotopic (exact) mass is 594 g/mol. The summed E-state index contributed by atoms with van der Waals surface area (Å²) < 4.78 is 17.0. The molecule has 2 saturated heterocycles. The van der Waals surface area contributed by atoms with E-state index in [0.717, 1.165) is 6.07 Å². The number of rotatable bonds is 5. The first-order valence-corrected chi connectivity index (χ1v) is 12.9. The predicted molar refractivity (Wildman–Crippen MR) is 138 cm³/mol. The molecule has 15 nitrogen and oxygen atoms in total. The van der Waals surface area contributed by atoms with Crippen LogP contribution in [-0.4, -0.2) is 118 Å². The van der Waals surface area contributed by atoms with Gasteiger partial charge in [-0.05, 0) is 24.3 Å². The van der Waals surface area contributed by atoms with Crippen molar-refractivity contribution in [1.82, 2.24) is 0 Å². The molecule has 2 aromatic carbocycles. The molecule has 2 aliphatic rings. The van der Waals surface area contributed by atoms with Gasteiger partial charge in [0.25, 0.3) is 0 Å². The highest BCUT2D eigenvalue weighted by Gasteiger charge is 2.50. The Bertz CT molecular complexity index is 1500. The number of aromatic hydroxyl groups is 3. The largest absolute Gasteiger partial charge is 0.508 e. The van der Waals surface area contributed by atoms with Crippen molar-refractivity contribution in [2.45, 2.75) is 61.0 Å². The second-order valence-electron chi connectivity index (χ2n) is 10.2. The van der Waals surface area contributed by atoms with Gasteiger partial charge in [-0.3, -0.25) is 4.79 Å². The molecule has 10 atom stereocenters. The zero-order chi connectivity index (χ0) is 30.6. The number of phenols is 3. The molecule has 0 unspecified atom stereocenters. The first-order valence-electron chi connectivity index (χ1n) is 12.9. The van der Waals surface area contributed by atoms with E-state index in [9.17, 15) is 61.0 Å². The molecule has 3 heterocycles. The summed E-state index contributed by atoms with van der Waals surface area (Å²) in [7, 11) is 0. The van der Waals surface area contributed by atoms with Crippen LogP contribution in [0.3, 0.4) is 0 Å². The topological polar surface area (TPSA) is 271 Å². The van der Waals surface area contributed by atoms with Crippen LogP contribution in [0.2, 0.25) is 0 Å². The van der Waals surface area contributed by atoms with Gasteiger partial charge in [0.1, 0.15) is 89.4 Å². The third kappa shape index (κ3) is 4.79. The minimum Gasteiger partial charge on any atom is -0.508 e. The van der Waals surface area contributed by atoms with Crippen LogP contribution < -0.4 is 5.43 Å². The van der Waals surface area contributed by atoms with Crippen LogP contribution >= 0.6 is 0 Å². The molecule has 1 aromatic heterocycles. The van der Waals surface area contributed by atoms with Crippen LogP contribution in [0, 0.1) is 0 Å². The average molecular weight is 595 g/mol. The SMILES string of the molecule is O=c1cc(-c2ccc(O)cc2)oc2c([C@@H]3O[C@H](CO)[C@@H](O)[C@@H](O)[C@H]3O)c(O)c([C@@H]3O[C@H](CO)[C@@H](O)[C@@H](O)[C@H]3O)c(O)c12. The summed E-state index contributed by atoms with van der Waals surface area (Å²) in [5, 5.41) is 114. The van der Waals surface area contributed by atoms with Crippen molar-refractivity contribution in [3.8, 4) is 28.6 Å². The lowest BCUT2D eigenvalue weighted by Crippen LogP contribution is -2.55. The quantitative estimate of drug-likeness (QED) is 0.147. The molecule has 11 N–H and O–H groups in total. The Morgan fingerprint density at radius 2 is 1.14 bits per heavy atom. The Kier molecular flexibility index (Phi) is 8.16. The number of benzene rings is 2. The van der Waals surface area contributed by atoms with Gasteiger partial charge in [0, 0.05) is 11.6 Å². The highest BCUT2D eigenvalue weighted by atomic mass is 16.6. The molecule has 2 aliphatic heterocycles. The van der Waals surface area contributed by atoms with Crippen LogP contribution in [0.1, 0.15) is 23.3 Å². The number of ether oxygens (including phenoxy) is 2. The van der Waals surface area contributed by atoms with E-state index in [1.54, 1.807) is 0 Å². The van der Waals surface area contributed by atoms with Crippen molar-refractivity contribution in [3.05, 3.63) is 51.7 Å². The van der Waals surface area contributed by atoms with Gasteiger partial charge >= 0.3 is 0 Å². The summed E-state index contributed by atoms with van der Waals surface area (Å²) in [5.74, 6) is -2.20. The van der Waals surface area contributed by atoms with E-state index in [0.29, 0.717) is 0 Å². The molecule has 15 heteroatoms. The van der Waals surface area contributed by atoms with E-state index in [4.69, 9.17) is 13.9 Å². The standard InChI is InChI=1S/C27H30O15/c28-6-12-17(32)21(36)23(38)26(41-12)15-19(34)14-10(31)5-11(8-1-3-9(30)4-2-8)40-25(14)16(20(15)35)27-24(39)22(37)18(33)13(7-29)42-27/h1-5,12-13,17-18,21-24,26-30,32-39H,6-7H2/t12-,13-,17-,18-,21-,22-,23-,24-,26+,27+/m1/s1. The molecule has 0 saturated carbocycles. The Hall–Kier alpha value is -3.35. The number of aliphatic hydroxyl groups excluding tert-OH is 8. The van der Waals surface area contributed by atoms with Crippen LogP contribution in [0.4, 0.5) is 0 Å². The van der Waals surface area contributed by atoms with Gasteiger partial charge in [0.2, 0.25) is 0 Å². The number of hydrogen-bond acceptors (Lipinski definition) is 15. The van der Waals surface area contributed by atoms with Crippen LogP contribution in [0.25, 0.3) is 22.3 Å². The number of aliphatic hydroxyl groups is 8. The molecule has 0 aliphatic carbocycles. The van der Waals surface area contributed by atoms with Crippen LogP contribution in [-0.2, 0) is 9.47 Å². The van der Waals surface area contributed by atoms with E-state index in [-0.39, 0.29) is 17.1 Å². The zero-order valence-electron chi connectivity index (χ0n) is 21.6. The number of phenolic OH excluding ortho intramolecular Hbond substituents is 3. The summed E-state index contributed by atoms with van der Waals surface area (Å²) >= 11 is 0. The fraction of sp³-hybridized carbons (Fsp3) is 0.444. The van der Waals surface area contributed by atoms with Gasteiger partial charge in [-0.2, -0.15) is 0 Å². The van der Waals surface area contributed by atoms with Gasteiger partial charge in [-0.1, -0.05) is 0 Å². The van der Waals surface area contributed by atoms with Crippen molar-refractivity contribution in [1.29, 1.82) is 0 Å². The minimum atomic E-state index is -2.02. The second kappa shape index (κ2) is 11.4. The molecule has 228 valence electrons. The van der Waals surface area contributed by atoms with E-state index in [1.165, 1.54) is 24.3 Å². The minimum absolute atomic E-state index is 0.0941. The molecule has 42 heavy (non-hydrogen) atoms. The van der Waals surface area contributed by atoms with Gasteiger partial charge in [0.15, 0.2) is 11.0 Å². The Morgan fingerprint density at radius 3 is 1.64 bits per heavy atom. The van der Waals surface area contributed by atoms with E-state index in [1.807, 2.05) is 0 Å². The maximum atomic E-state index is 13.5. The molecule has 0 amide bonds. The van der Waals surface area contributed by atoms with Crippen LogP contribution in [0.15, 0.2) is 39.5 Å². The maximum absolute atomic E-state index is 13.5. The Labute approximate surface area is 235 Å². The average Bonchev–Trinajstić information content (AvgIpc) is 2.97. The highest BCUT2D eigenvalue weighted by Crippen LogP contribution is 2.51. The predicted octanol–water partition coefficient (Wildman–Crippen LogP) is -2.39. The van der Waals surface area contributed by atoms with Crippen molar-refractivity contribution in [2.75, 3.05) is 13.2 Å². The van der Waals surface area contributed by atoms with E-state index >= 15 is 0 Å². The van der Waals surface area contributed by atoms with E-state index < -0.39 is 113 Å². The third-order valence-electron chi connectivity index (χ3n) is 7.70. The molecule has 3 aromatic rings. The van der Waals surface area contributed by atoms with Gasteiger partial charge in [0.05, 0.1) is 24.3 Å². The fourth-order valence-corrected chi connectivity index (χ4v) is 5.39. The summed E-state index contributed by atoms with van der Waals surface area (Å²) in [6.07, 6.45) is -18.2. The second-order valence-corrected chi connectivity index (χ2v) is 10.2. The molecule has 0 bridgehead atoms.